The van der Waals surface area contributed by atoms with Crippen molar-refractivity contribution in [1.82, 2.24) is 0 Å². The molecule has 0 N–H and O–H groups in total. The molecule has 0 unspecified atom stereocenters. The van der Waals surface area contributed by atoms with E-state index < -0.39 is 5.97 Å². The summed E-state index contributed by atoms with van der Waals surface area (Å²) in [5, 5.41) is 0. The molecule has 4 nitrogen and oxygen atoms in total. The van der Waals surface area contributed by atoms with Crippen molar-refractivity contribution in [2.75, 3.05) is 0 Å². The molecule has 20 heavy (non-hydrogen) atoms. The summed E-state index contributed by atoms with van der Waals surface area (Å²) < 4.78 is 4.75. The van der Waals surface area contributed by atoms with Gasteiger partial charge in [0.05, 0.1) is 6.42 Å². The number of unbranched alkanes of at least 4 members (excludes halogenated alkanes) is 10. The summed E-state index contributed by atoms with van der Waals surface area (Å²) in [5.74, 6) is -0.297. The van der Waals surface area contributed by atoms with Crippen molar-refractivity contribution < 1.29 is 14.3 Å². The van der Waals surface area contributed by atoms with E-state index in [1.165, 1.54) is 64.7 Å². The normalized spacial score (nSPS) is 10.1. The molecule has 0 radical (unpaired) electrons. The molecule has 0 rings (SSSR count). The Kier molecular flexibility index (Phi) is 13.4. The molecule has 0 fully saturated rings. The lowest BCUT2D eigenvalue weighted by Crippen LogP contribution is -2.10. The van der Waals surface area contributed by atoms with Crippen LogP contribution >= 0.6 is 0 Å². The summed E-state index contributed by atoms with van der Waals surface area (Å²) in [6.07, 6.45) is 14.5. The van der Waals surface area contributed by atoms with Crippen LogP contribution in [-0.4, -0.2) is 16.7 Å². The molecular formula is C16H30N2O2. The van der Waals surface area contributed by atoms with Crippen LogP contribution in [0.25, 0.3) is 5.53 Å². The van der Waals surface area contributed by atoms with Gasteiger partial charge in [0, 0.05) is 6.92 Å². The molecule has 0 saturated heterocycles. The average molecular weight is 282 g/mol. The van der Waals surface area contributed by atoms with Gasteiger partial charge < -0.3 is 10.3 Å². The Morgan fingerprint density at radius 2 is 1.35 bits per heavy atom. The lowest BCUT2D eigenvalue weighted by molar-refractivity contribution is -0.138. The van der Waals surface area contributed by atoms with Crippen molar-refractivity contribution in [3.05, 3.63) is 5.53 Å². The Labute approximate surface area is 123 Å². The van der Waals surface area contributed by atoms with Crippen LogP contribution in [0, 0.1) is 0 Å². The Balaban J connectivity index is 3.28. The Morgan fingerprint density at radius 1 is 0.900 bits per heavy atom. The lowest BCUT2D eigenvalue weighted by Gasteiger charge is -2.01. The molecule has 0 aromatic rings. The van der Waals surface area contributed by atoms with E-state index in [0.717, 1.165) is 12.8 Å². The maximum atomic E-state index is 10.7. The largest absolute Gasteiger partial charge is 0.457 e. The summed E-state index contributed by atoms with van der Waals surface area (Å²) in [5.41, 5.74) is 8.65. The Morgan fingerprint density at radius 3 is 1.75 bits per heavy atom. The molecule has 116 valence electrons. The molecule has 0 atom stereocenters. The van der Waals surface area contributed by atoms with Gasteiger partial charge in [0.25, 0.3) is 0 Å². The third-order valence-corrected chi connectivity index (χ3v) is 3.37. The van der Waals surface area contributed by atoms with E-state index in [2.05, 4.69) is 11.7 Å². The van der Waals surface area contributed by atoms with E-state index in [1.807, 2.05) is 0 Å². The smallest absolute Gasteiger partial charge is 0.362 e. The van der Waals surface area contributed by atoms with Gasteiger partial charge >= 0.3 is 11.9 Å². The predicted octanol–water partition coefficient (Wildman–Crippen LogP) is 4.88. The quantitative estimate of drug-likeness (QED) is 0.128. The van der Waals surface area contributed by atoms with Crippen LogP contribution in [0.1, 0.15) is 90.9 Å². The summed E-state index contributed by atoms with van der Waals surface area (Å²) in [6, 6.07) is 0. The van der Waals surface area contributed by atoms with Crippen molar-refractivity contribution in [2.45, 2.75) is 90.9 Å². The number of hydrogen-bond donors (Lipinski definition) is 0. The predicted molar refractivity (Wildman–Crippen MR) is 81.5 cm³/mol. The van der Waals surface area contributed by atoms with E-state index in [1.54, 1.807) is 0 Å². The van der Waals surface area contributed by atoms with E-state index in [-0.39, 0.29) is 5.90 Å². The maximum Gasteiger partial charge on any atom is 0.457 e. The number of ether oxygens (including phenoxy) is 1. The van der Waals surface area contributed by atoms with Gasteiger partial charge in [0.15, 0.2) is 0 Å². The number of carbonyl (C=O) groups is 1. The van der Waals surface area contributed by atoms with Crippen LogP contribution < -0.4 is 0 Å². The van der Waals surface area contributed by atoms with Crippen molar-refractivity contribution in [3.8, 4) is 0 Å². The fourth-order valence-electron chi connectivity index (χ4n) is 2.23. The zero-order valence-corrected chi connectivity index (χ0v) is 13.2. The molecule has 0 saturated carbocycles. The average Bonchev–Trinajstić information content (AvgIpc) is 2.43. The minimum Gasteiger partial charge on any atom is -0.362 e. The molecule has 0 aliphatic carbocycles. The SMILES string of the molecule is CCCCCCCCCCCCCC(=[N+]=[N-])OC(C)=O. The molecule has 0 bridgehead atoms. The van der Waals surface area contributed by atoms with Crippen LogP contribution in [0.4, 0.5) is 0 Å². The highest BCUT2D eigenvalue weighted by molar-refractivity contribution is 5.84. The molecule has 0 spiro atoms. The summed E-state index contributed by atoms with van der Waals surface area (Å²) in [6.45, 7) is 3.56. The van der Waals surface area contributed by atoms with E-state index >= 15 is 0 Å². The fourth-order valence-corrected chi connectivity index (χ4v) is 2.23. The van der Waals surface area contributed by atoms with E-state index in [4.69, 9.17) is 10.3 Å². The zero-order valence-electron chi connectivity index (χ0n) is 13.2. The molecule has 0 aromatic heterocycles. The van der Waals surface area contributed by atoms with Crippen molar-refractivity contribution in [2.24, 2.45) is 0 Å². The van der Waals surface area contributed by atoms with Gasteiger partial charge in [-0.3, -0.25) is 4.79 Å². The number of esters is 1. The van der Waals surface area contributed by atoms with Crippen LogP contribution in [0.2, 0.25) is 0 Å². The molecule has 0 aliphatic rings. The summed E-state index contributed by atoms with van der Waals surface area (Å²) in [4.78, 5) is 13.7. The van der Waals surface area contributed by atoms with Crippen LogP contribution in [-0.2, 0) is 9.53 Å². The third kappa shape index (κ3) is 13.3. The second kappa shape index (κ2) is 14.3. The second-order valence-corrected chi connectivity index (χ2v) is 5.37. The van der Waals surface area contributed by atoms with Gasteiger partial charge in [0.1, 0.15) is 0 Å². The van der Waals surface area contributed by atoms with E-state index in [0.29, 0.717) is 6.42 Å². The number of hydrogen-bond acceptors (Lipinski definition) is 2. The standard InChI is InChI=1S/C16H30N2O2/c1-3-4-5-6-7-8-9-10-11-12-13-14-16(18-17)20-15(2)19/h3-14H2,1-2H3. The topological polar surface area (TPSA) is 62.7 Å². The molecule has 4 heteroatoms. The van der Waals surface area contributed by atoms with Gasteiger partial charge in [0.2, 0.25) is 0 Å². The second-order valence-electron chi connectivity index (χ2n) is 5.37. The van der Waals surface area contributed by atoms with Gasteiger partial charge in [-0.05, 0) is 6.42 Å². The Bertz CT molecular complexity index is 297. The minimum absolute atomic E-state index is 0.133. The number of carbonyl (C=O) groups excluding carboxylic acids is 1. The summed E-state index contributed by atoms with van der Waals surface area (Å²) >= 11 is 0. The number of nitrogens with zero attached hydrogens (tertiary/aromatic N) is 2. The summed E-state index contributed by atoms with van der Waals surface area (Å²) in [7, 11) is 0. The molecule has 0 heterocycles. The maximum absolute atomic E-state index is 10.7. The lowest BCUT2D eigenvalue weighted by atomic mass is 10.1. The monoisotopic (exact) mass is 282 g/mol. The first kappa shape index (κ1) is 18.9. The van der Waals surface area contributed by atoms with E-state index in [9.17, 15) is 4.79 Å². The first-order valence-electron chi connectivity index (χ1n) is 8.10. The highest BCUT2D eigenvalue weighted by Crippen LogP contribution is 2.12. The Hall–Kier alpha value is -1.15. The molecular weight excluding hydrogens is 252 g/mol. The van der Waals surface area contributed by atoms with Crippen molar-refractivity contribution in [1.29, 1.82) is 0 Å². The number of rotatable bonds is 12. The molecule has 0 aromatic carbocycles. The van der Waals surface area contributed by atoms with Crippen LogP contribution in [0.5, 0.6) is 0 Å². The third-order valence-electron chi connectivity index (χ3n) is 3.37. The van der Waals surface area contributed by atoms with Crippen molar-refractivity contribution in [3.63, 3.8) is 0 Å². The van der Waals surface area contributed by atoms with Crippen LogP contribution in [0.15, 0.2) is 0 Å². The zero-order chi connectivity index (χ0) is 15.1. The fraction of sp³-hybridized carbons (Fsp3) is 0.875. The molecule has 0 aliphatic heterocycles. The van der Waals surface area contributed by atoms with Crippen LogP contribution in [0.3, 0.4) is 0 Å². The minimum atomic E-state index is -0.430. The van der Waals surface area contributed by atoms with Gasteiger partial charge in [-0.2, -0.15) is 0 Å². The first-order valence-corrected chi connectivity index (χ1v) is 8.10. The van der Waals surface area contributed by atoms with Gasteiger partial charge in [-0.25, -0.2) is 0 Å². The van der Waals surface area contributed by atoms with Crippen molar-refractivity contribution >= 4 is 11.9 Å². The highest BCUT2D eigenvalue weighted by Gasteiger charge is 2.11. The highest BCUT2D eigenvalue weighted by atomic mass is 16.5. The first-order chi connectivity index (χ1) is 9.70. The van der Waals surface area contributed by atoms with Gasteiger partial charge in [-0.1, -0.05) is 71.1 Å². The van der Waals surface area contributed by atoms with Gasteiger partial charge in [-0.15, -0.1) is 4.79 Å². The molecule has 0 amide bonds.